The molecule has 2 aromatic carbocycles. The van der Waals surface area contributed by atoms with E-state index < -0.39 is 17.7 Å². The minimum atomic E-state index is -0.512. The highest BCUT2D eigenvalue weighted by atomic mass is 32.2. The Balaban J connectivity index is 1.22. The monoisotopic (exact) mass is 496 g/mol. The topological polar surface area (TPSA) is 118 Å². The molecule has 0 atom stereocenters. The highest BCUT2D eigenvalue weighted by Crippen LogP contribution is 2.23. The standard InChI is InChI=1S/C23H20N4O5S2/c1-32-16-8-6-14(7-9-16)24-20(29)13-33-11-15-12-34-23(25-15)26-19(28)10-27-21(30)17-4-2-3-5-18(17)22(27)31/h2-9,12H,10-11,13H2,1H3,(H,24,29)(H,25,26,28). The zero-order chi connectivity index (χ0) is 24.1. The molecule has 0 aliphatic carbocycles. The molecule has 0 saturated carbocycles. The Labute approximate surface area is 203 Å². The normalized spacial score (nSPS) is 12.4. The van der Waals surface area contributed by atoms with Crippen molar-refractivity contribution in [2.75, 3.05) is 30.0 Å². The van der Waals surface area contributed by atoms with E-state index in [1.807, 2.05) is 0 Å². The summed E-state index contributed by atoms with van der Waals surface area (Å²) in [4.78, 5) is 54.5. The van der Waals surface area contributed by atoms with Crippen molar-refractivity contribution in [3.63, 3.8) is 0 Å². The van der Waals surface area contributed by atoms with E-state index in [9.17, 15) is 19.2 Å². The van der Waals surface area contributed by atoms with Gasteiger partial charge in [0.2, 0.25) is 11.8 Å². The van der Waals surface area contributed by atoms with Gasteiger partial charge in [-0.3, -0.25) is 24.1 Å². The molecular formula is C23H20N4O5S2. The van der Waals surface area contributed by atoms with Gasteiger partial charge in [0.1, 0.15) is 12.3 Å². The van der Waals surface area contributed by atoms with Crippen LogP contribution in [0.3, 0.4) is 0 Å². The molecule has 2 N–H and O–H groups in total. The van der Waals surface area contributed by atoms with Crippen LogP contribution in [0.4, 0.5) is 10.8 Å². The van der Waals surface area contributed by atoms with Crippen LogP contribution in [0.1, 0.15) is 26.4 Å². The Morgan fingerprint density at radius 1 is 1.00 bits per heavy atom. The number of hydrogen-bond donors (Lipinski definition) is 2. The number of thioether (sulfide) groups is 1. The van der Waals surface area contributed by atoms with Crippen LogP contribution in [-0.2, 0) is 15.3 Å². The van der Waals surface area contributed by atoms with Crippen LogP contribution in [0.5, 0.6) is 5.75 Å². The van der Waals surface area contributed by atoms with Crippen molar-refractivity contribution in [3.05, 3.63) is 70.7 Å². The maximum Gasteiger partial charge on any atom is 0.262 e. The first-order valence-electron chi connectivity index (χ1n) is 10.2. The number of hydrogen-bond acceptors (Lipinski definition) is 8. The predicted molar refractivity (Wildman–Crippen MR) is 130 cm³/mol. The largest absolute Gasteiger partial charge is 0.497 e. The van der Waals surface area contributed by atoms with Crippen LogP contribution < -0.4 is 15.4 Å². The Morgan fingerprint density at radius 3 is 2.32 bits per heavy atom. The summed E-state index contributed by atoms with van der Waals surface area (Å²) in [5.41, 5.74) is 1.99. The van der Waals surface area contributed by atoms with Crippen molar-refractivity contribution in [1.82, 2.24) is 9.88 Å². The molecule has 1 aliphatic heterocycles. The second kappa shape index (κ2) is 10.5. The van der Waals surface area contributed by atoms with Gasteiger partial charge in [-0.15, -0.1) is 23.1 Å². The number of rotatable bonds is 9. The fourth-order valence-electron chi connectivity index (χ4n) is 3.24. The molecular weight excluding hydrogens is 476 g/mol. The molecule has 3 aromatic rings. The Kier molecular flexibility index (Phi) is 7.24. The first-order valence-corrected chi connectivity index (χ1v) is 12.2. The highest BCUT2D eigenvalue weighted by Gasteiger charge is 2.36. The second-order valence-corrected chi connectivity index (χ2v) is 9.05. The minimum absolute atomic E-state index is 0.139. The quantitative estimate of drug-likeness (QED) is 0.437. The summed E-state index contributed by atoms with van der Waals surface area (Å²) in [6, 6.07) is 13.5. The molecule has 0 spiro atoms. The Bertz CT molecular complexity index is 1210. The number of thiazole rings is 1. The van der Waals surface area contributed by atoms with Gasteiger partial charge in [0.05, 0.1) is 29.7 Å². The molecule has 34 heavy (non-hydrogen) atoms. The lowest BCUT2D eigenvalue weighted by Crippen LogP contribution is -2.37. The number of imide groups is 1. The van der Waals surface area contributed by atoms with Crippen molar-refractivity contribution in [3.8, 4) is 5.75 Å². The molecule has 0 unspecified atom stereocenters. The van der Waals surface area contributed by atoms with Gasteiger partial charge in [-0.2, -0.15) is 0 Å². The molecule has 9 nitrogen and oxygen atoms in total. The van der Waals surface area contributed by atoms with E-state index in [1.165, 1.54) is 23.1 Å². The first kappa shape index (κ1) is 23.5. The lowest BCUT2D eigenvalue weighted by molar-refractivity contribution is -0.116. The molecule has 4 rings (SSSR count). The number of nitrogens with zero attached hydrogens (tertiary/aromatic N) is 2. The summed E-state index contributed by atoms with van der Waals surface area (Å²) in [6.07, 6.45) is 0. The number of amides is 4. The fraction of sp³-hybridized carbons (Fsp3) is 0.174. The van der Waals surface area contributed by atoms with E-state index in [0.717, 1.165) is 4.90 Å². The number of benzene rings is 2. The van der Waals surface area contributed by atoms with Gasteiger partial charge in [0.15, 0.2) is 5.13 Å². The molecule has 11 heteroatoms. The van der Waals surface area contributed by atoms with Crippen molar-refractivity contribution >= 4 is 57.5 Å². The van der Waals surface area contributed by atoms with Crippen LogP contribution in [-0.4, -0.2) is 52.9 Å². The summed E-state index contributed by atoms with van der Waals surface area (Å²) >= 11 is 2.62. The smallest absolute Gasteiger partial charge is 0.262 e. The Morgan fingerprint density at radius 2 is 1.68 bits per heavy atom. The molecule has 0 bridgehead atoms. The third kappa shape index (κ3) is 5.43. The fourth-order valence-corrected chi connectivity index (χ4v) is 4.78. The molecule has 1 aliphatic rings. The molecule has 1 aromatic heterocycles. The number of fused-ring (bicyclic) bond motifs is 1. The second-order valence-electron chi connectivity index (χ2n) is 7.20. The van der Waals surface area contributed by atoms with Gasteiger partial charge >= 0.3 is 0 Å². The summed E-state index contributed by atoms with van der Waals surface area (Å²) in [5, 5.41) is 7.58. The summed E-state index contributed by atoms with van der Waals surface area (Å²) in [6.45, 7) is -0.387. The molecule has 0 saturated heterocycles. The van der Waals surface area contributed by atoms with Crippen LogP contribution in [0, 0.1) is 0 Å². The number of aromatic nitrogens is 1. The van der Waals surface area contributed by atoms with Gasteiger partial charge < -0.3 is 15.4 Å². The van der Waals surface area contributed by atoms with Gasteiger partial charge in [-0.05, 0) is 36.4 Å². The van der Waals surface area contributed by atoms with Gasteiger partial charge in [-0.1, -0.05) is 12.1 Å². The van der Waals surface area contributed by atoms with E-state index in [0.29, 0.717) is 39.1 Å². The average molecular weight is 497 g/mol. The maximum atomic E-state index is 12.4. The summed E-state index contributed by atoms with van der Waals surface area (Å²) in [5.74, 6) is -0.185. The summed E-state index contributed by atoms with van der Waals surface area (Å²) in [7, 11) is 1.58. The number of ether oxygens (including phenoxy) is 1. The number of anilines is 2. The molecule has 2 heterocycles. The van der Waals surface area contributed by atoms with Gasteiger partial charge in [0.25, 0.3) is 11.8 Å². The number of nitrogens with one attached hydrogen (secondary N) is 2. The van der Waals surface area contributed by atoms with Crippen molar-refractivity contribution in [1.29, 1.82) is 0 Å². The lowest BCUT2D eigenvalue weighted by atomic mass is 10.1. The number of carbonyl (C=O) groups excluding carboxylic acids is 4. The van der Waals surface area contributed by atoms with Crippen LogP contribution >= 0.6 is 23.1 Å². The average Bonchev–Trinajstić information content (AvgIpc) is 3.37. The van der Waals surface area contributed by atoms with Crippen molar-refractivity contribution in [2.45, 2.75) is 5.75 Å². The third-order valence-electron chi connectivity index (χ3n) is 4.83. The summed E-state index contributed by atoms with van der Waals surface area (Å²) < 4.78 is 5.09. The van der Waals surface area contributed by atoms with E-state index >= 15 is 0 Å². The predicted octanol–water partition coefficient (Wildman–Crippen LogP) is 3.26. The molecule has 0 fully saturated rings. The maximum absolute atomic E-state index is 12.4. The van der Waals surface area contributed by atoms with Gasteiger partial charge in [-0.25, -0.2) is 4.98 Å². The van der Waals surface area contributed by atoms with Crippen molar-refractivity contribution < 1.29 is 23.9 Å². The third-order valence-corrected chi connectivity index (χ3v) is 6.61. The van der Waals surface area contributed by atoms with Crippen LogP contribution in [0.15, 0.2) is 53.9 Å². The molecule has 0 radical (unpaired) electrons. The van der Waals surface area contributed by atoms with E-state index in [2.05, 4.69) is 15.6 Å². The van der Waals surface area contributed by atoms with Crippen LogP contribution in [0.25, 0.3) is 0 Å². The van der Waals surface area contributed by atoms with Crippen LogP contribution in [0.2, 0.25) is 0 Å². The van der Waals surface area contributed by atoms with E-state index in [-0.39, 0.29) is 18.2 Å². The molecule has 174 valence electrons. The lowest BCUT2D eigenvalue weighted by Gasteiger charge is -2.12. The van der Waals surface area contributed by atoms with E-state index in [1.54, 1.807) is 61.0 Å². The highest BCUT2D eigenvalue weighted by molar-refractivity contribution is 7.99. The minimum Gasteiger partial charge on any atom is -0.497 e. The first-order chi connectivity index (χ1) is 16.4. The molecule has 4 amide bonds. The Hall–Kier alpha value is -3.70. The SMILES string of the molecule is COc1ccc(NC(=O)CSCc2csc(NC(=O)CN3C(=O)c4ccccc4C3=O)n2)cc1. The van der Waals surface area contributed by atoms with Crippen molar-refractivity contribution in [2.24, 2.45) is 0 Å². The number of methoxy groups -OCH3 is 1. The zero-order valence-corrected chi connectivity index (χ0v) is 19.7. The van der Waals surface area contributed by atoms with E-state index in [4.69, 9.17) is 4.74 Å². The van der Waals surface area contributed by atoms with Gasteiger partial charge in [0, 0.05) is 16.8 Å². The number of carbonyl (C=O) groups is 4. The zero-order valence-electron chi connectivity index (χ0n) is 18.1.